The summed E-state index contributed by atoms with van der Waals surface area (Å²) in [7, 11) is 1.66. The van der Waals surface area contributed by atoms with Crippen molar-refractivity contribution in [2.45, 2.75) is 19.9 Å². The molecule has 4 rings (SSSR count). The number of methoxy groups -OCH3 is 1. The number of benzene rings is 1. The molecule has 2 aliphatic rings. The molecule has 0 radical (unpaired) electrons. The van der Waals surface area contributed by atoms with E-state index in [2.05, 4.69) is 5.16 Å². The van der Waals surface area contributed by atoms with E-state index in [1.54, 1.807) is 25.0 Å². The fourth-order valence-corrected chi connectivity index (χ4v) is 3.53. The van der Waals surface area contributed by atoms with Gasteiger partial charge in [0.1, 0.15) is 11.5 Å². The van der Waals surface area contributed by atoms with E-state index < -0.39 is 0 Å². The molecular weight excluding hydrogens is 334 g/mol. The van der Waals surface area contributed by atoms with Crippen molar-refractivity contribution in [2.24, 2.45) is 5.92 Å². The third kappa shape index (κ3) is 2.94. The molecule has 0 atom stereocenters. The van der Waals surface area contributed by atoms with Gasteiger partial charge in [-0.1, -0.05) is 11.2 Å². The highest BCUT2D eigenvalue weighted by Gasteiger charge is 2.39. The lowest BCUT2D eigenvalue weighted by Gasteiger charge is -2.41. The van der Waals surface area contributed by atoms with Crippen LogP contribution >= 0.6 is 0 Å². The number of rotatable bonds is 3. The molecule has 0 unspecified atom stereocenters. The van der Waals surface area contributed by atoms with Gasteiger partial charge in [-0.25, -0.2) is 0 Å². The zero-order valence-corrected chi connectivity index (χ0v) is 14.9. The lowest BCUT2D eigenvalue weighted by Crippen LogP contribution is -2.57. The minimum absolute atomic E-state index is 0.117. The number of fused-ring (bicyclic) bond motifs is 1. The van der Waals surface area contributed by atoms with Crippen LogP contribution in [-0.4, -0.2) is 53.5 Å². The number of likely N-dealkylation sites (tertiary alicyclic amines) is 1. The number of aromatic nitrogens is 1. The molecule has 3 heterocycles. The standard InChI is InChI=1S/C19H21N3O4/c1-12-7-17(20-26-12)19(24)22-10-15(11-22)18(23)21-6-5-13-8-16(25-2)4-3-14(13)9-21/h3-4,7-8,15H,5-6,9-11H2,1-2H3. The van der Waals surface area contributed by atoms with Gasteiger partial charge in [0.2, 0.25) is 5.91 Å². The van der Waals surface area contributed by atoms with Crippen LogP contribution < -0.4 is 4.74 Å². The van der Waals surface area contributed by atoms with Gasteiger partial charge in [-0.3, -0.25) is 9.59 Å². The van der Waals surface area contributed by atoms with E-state index in [-0.39, 0.29) is 17.7 Å². The molecule has 136 valence electrons. The largest absolute Gasteiger partial charge is 0.497 e. The third-order valence-electron chi connectivity index (χ3n) is 5.10. The summed E-state index contributed by atoms with van der Waals surface area (Å²) in [6.07, 6.45) is 0.825. The van der Waals surface area contributed by atoms with Gasteiger partial charge in [-0.05, 0) is 36.6 Å². The van der Waals surface area contributed by atoms with Crippen molar-refractivity contribution in [3.63, 3.8) is 0 Å². The molecule has 0 N–H and O–H groups in total. The van der Waals surface area contributed by atoms with E-state index in [1.165, 1.54) is 5.56 Å². The molecule has 1 saturated heterocycles. The minimum atomic E-state index is -0.179. The average molecular weight is 355 g/mol. The van der Waals surface area contributed by atoms with Gasteiger partial charge < -0.3 is 19.1 Å². The van der Waals surface area contributed by atoms with E-state index in [9.17, 15) is 9.59 Å². The Morgan fingerprint density at radius 1 is 1.19 bits per heavy atom. The molecular formula is C19H21N3O4. The second-order valence-electron chi connectivity index (χ2n) is 6.87. The first-order valence-electron chi connectivity index (χ1n) is 8.72. The van der Waals surface area contributed by atoms with Crippen molar-refractivity contribution < 1.29 is 18.8 Å². The Balaban J connectivity index is 1.35. The first-order chi connectivity index (χ1) is 12.5. The van der Waals surface area contributed by atoms with Crippen LogP contribution in [0.25, 0.3) is 0 Å². The van der Waals surface area contributed by atoms with Crippen molar-refractivity contribution in [3.8, 4) is 5.75 Å². The second kappa shape index (κ2) is 6.48. The van der Waals surface area contributed by atoms with E-state index in [0.717, 1.165) is 17.7 Å². The molecule has 1 aromatic carbocycles. The highest BCUT2D eigenvalue weighted by Crippen LogP contribution is 2.27. The van der Waals surface area contributed by atoms with Crippen LogP contribution in [0.3, 0.4) is 0 Å². The lowest BCUT2D eigenvalue weighted by molar-refractivity contribution is -0.140. The molecule has 1 fully saturated rings. The Bertz CT molecular complexity index is 854. The molecule has 0 aliphatic carbocycles. The minimum Gasteiger partial charge on any atom is -0.497 e. The van der Waals surface area contributed by atoms with Gasteiger partial charge in [0.15, 0.2) is 5.69 Å². The second-order valence-corrected chi connectivity index (χ2v) is 6.87. The molecule has 2 aromatic rings. The Labute approximate surface area is 151 Å². The quantitative estimate of drug-likeness (QED) is 0.837. The van der Waals surface area contributed by atoms with Crippen LogP contribution in [0.5, 0.6) is 5.75 Å². The number of amides is 2. The number of hydrogen-bond donors (Lipinski definition) is 0. The van der Waals surface area contributed by atoms with Crippen molar-refractivity contribution in [3.05, 3.63) is 46.8 Å². The number of carbonyl (C=O) groups is 2. The average Bonchev–Trinajstić information content (AvgIpc) is 3.05. The molecule has 0 bridgehead atoms. The topological polar surface area (TPSA) is 75.9 Å². The SMILES string of the molecule is COc1ccc2c(c1)CCN(C(=O)C1CN(C(=O)c3cc(C)on3)C1)C2. The summed E-state index contributed by atoms with van der Waals surface area (Å²) in [5.41, 5.74) is 2.70. The number of hydrogen-bond acceptors (Lipinski definition) is 5. The Hall–Kier alpha value is -2.83. The van der Waals surface area contributed by atoms with Gasteiger partial charge in [-0.15, -0.1) is 0 Å². The molecule has 7 nitrogen and oxygen atoms in total. The van der Waals surface area contributed by atoms with Crippen molar-refractivity contribution in [2.75, 3.05) is 26.7 Å². The Morgan fingerprint density at radius 2 is 2.00 bits per heavy atom. The van der Waals surface area contributed by atoms with Crippen molar-refractivity contribution in [1.29, 1.82) is 0 Å². The highest BCUT2D eigenvalue weighted by atomic mass is 16.5. The zero-order valence-electron chi connectivity index (χ0n) is 14.9. The summed E-state index contributed by atoms with van der Waals surface area (Å²) in [6, 6.07) is 7.61. The maximum Gasteiger partial charge on any atom is 0.276 e. The van der Waals surface area contributed by atoms with Crippen LogP contribution in [-0.2, 0) is 17.8 Å². The maximum absolute atomic E-state index is 12.8. The lowest BCUT2D eigenvalue weighted by atomic mass is 9.94. The first-order valence-corrected chi connectivity index (χ1v) is 8.72. The molecule has 0 spiro atoms. The normalized spacial score (nSPS) is 16.8. The Kier molecular flexibility index (Phi) is 4.14. The van der Waals surface area contributed by atoms with Crippen LogP contribution in [0.15, 0.2) is 28.8 Å². The van der Waals surface area contributed by atoms with Gasteiger partial charge in [-0.2, -0.15) is 0 Å². The maximum atomic E-state index is 12.8. The summed E-state index contributed by atoms with van der Waals surface area (Å²) < 4.78 is 10.2. The van der Waals surface area contributed by atoms with Crippen LogP contribution in [0, 0.1) is 12.8 Å². The van der Waals surface area contributed by atoms with Crippen LogP contribution in [0.1, 0.15) is 27.4 Å². The third-order valence-corrected chi connectivity index (χ3v) is 5.10. The van der Waals surface area contributed by atoms with E-state index in [1.807, 2.05) is 23.1 Å². The number of nitrogens with zero attached hydrogens (tertiary/aromatic N) is 3. The summed E-state index contributed by atoms with van der Waals surface area (Å²) in [4.78, 5) is 28.6. The molecule has 0 saturated carbocycles. The monoisotopic (exact) mass is 355 g/mol. The Morgan fingerprint density at radius 3 is 2.69 bits per heavy atom. The van der Waals surface area contributed by atoms with E-state index >= 15 is 0 Å². The summed E-state index contributed by atoms with van der Waals surface area (Å²) in [5, 5.41) is 3.75. The van der Waals surface area contributed by atoms with E-state index in [4.69, 9.17) is 9.26 Å². The predicted octanol–water partition coefficient (Wildman–Crippen LogP) is 1.65. The van der Waals surface area contributed by atoms with E-state index in [0.29, 0.717) is 37.6 Å². The molecule has 2 aliphatic heterocycles. The number of carbonyl (C=O) groups excluding carboxylic acids is 2. The first kappa shape index (κ1) is 16.6. The molecule has 7 heteroatoms. The summed E-state index contributed by atoms with van der Waals surface area (Å²) in [5.74, 6) is 1.26. The van der Waals surface area contributed by atoms with Gasteiger partial charge >= 0.3 is 0 Å². The fourth-order valence-electron chi connectivity index (χ4n) is 3.53. The van der Waals surface area contributed by atoms with Crippen LogP contribution in [0.2, 0.25) is 0 Å². The smallest absolute Gasteiger partial charge is 0.276 e. The fraction of sp³-hybridized carbons (Fsp3) is 0.421. The van der Waals surface area contributed by atoms with Gasteiger partial charge in [0.05, 0.1) is 13.0 Å². The van der Waals surface area contributed by atoms with Gasteiger partial charge in [0.25, 0.3) is 5.91 Å². The molecule has 1 aromatic heterocycles. The summed E-state index contributed by atoms with van der Waals surface area (Å²) in [6.45, 7) is 3.94. The highest BCUT2D eigenvalue weighted by molar-refractivity contribution is 5.94. The zero-order chi connectivity index (χ0) is 18.3. The number of ether oxygens (including phenoxy) is 1. The van der Waals surface area contributed by atoms with Crippen molar-refractivity contribution >= 4 is 11.8 Å². The molecule has 2 amide bonds. The van der Waals surface area contributed by atoms with Crippen molar-refractivity contribution in [1.82, 2.24) is 15.0 Å². The predicted molar refractivity (Wildman–Crippen MR) is 92.7 cm³/mol. The number of aryl methyl sites for hydroxylation is 1. The van der Waals surface area contributed by atoms with Gasteiger partial charge in [0, 0.05) is 32.2 Å². The summed E-state index contributed by atoms with van der Waals surface area (Å²) >= 11 is 0. The molecule has 26 heavy (non-hydrogen) atoms. The van der Waals surface area contributed by atoms with Crippen LogP contribution in [0.4, 0.5) is 0 Å².